The highest BCUT2D eigenvalue weighted by molar-refractivity contribution is 14.1. The van der Waals surface area contributed by atoms with Gasteiger partial charge in [0.1, 0.15) is 0 Å². The molecule has 0 amide bonds. The standard InChI is InChI=1S/C25H21FIN5O6/c1-24(37-20(35)15-10-6-3-7-11-15)21(36-19(34)14-8-4-2-5-9-14)25(26,12-27)38-22(24)32-13-29-16-17(32)30-23(28)31-18(16)33/h2-11,13,21-22H,12H2,1H3,(H3,28,30,31,33)/t21-,22+,24+,25-/m0/s1. The van der Waals surface area contributed by atoms with Crippen LogP contribution in [0, 0.1) is 0 Å². The predicted molar refractivity (Wildman–Crippen MR) is 141 cm³/mol. The summed E-state index contributed by atoms with van der Waals surface area (Å²) in [6, 6.07) is 16.0. The maximum absolute atomic E-state index is 16.5. The molecular weight excluding hydrogens is 612 g/mol. The highest BCUT2D eigenvalue weighted by Crippen LogP contribution is 2.50. The van der Waals surface area contributed by atoms with E-state index in [9.17, 15) is 14.4 Å². The fraction of sp³-hybridized carbons (Fsp3) is 0.240. The summed E-state index contributed by atoms with van der Waals surface area (Å²) in [7, 11) is 0. The van der Waals surface area contributed by atoms with Gasteiger partial charge in [-0.15, -0.1) is 0 Å². The second-order valence-electron chi connectivity index (χ2n) is 8.76. The van der Waals surface area contributed by atoms with E-state index in [4.69, 9.17) is 19.9 Å². The number of aromatic nitrogens is 4. The summed E-state index contributed by atoms with van der Waals surface area (Å²) >= 11 is 1.75. The van der Waals surface area contributed by atoms with Crippen LogP contribution < -0.4 is 11.3 Å². The van der Waals surface area contributed by atoms with Gasteiger partial charge in [-0.3, -0.25) is 14.3 Å². The fourth-order valence-electron chi connectivity index (χ4n) is 4.36. The number of carbonyl (C=O) groups is 2. The summed E-state index contributed by atoms with van der Waals surface area (Å²) in [5, 5.41) is 0. The van der Waals surface area contributed by atoms with Gasteiger partial charge < -0.3 is 19.9 Å². The molecule has 38 heavy (non-hydrogen) atoms. The molecule has 0 radical (unpaired) electrons. The molecule has 1 aliphatic heterocycles. The van der Waals surface area contributed by atoms with E-state index >= 15 is 4.39 Å². The lowest BCUT2D eigenvalue weighted by Gasteiger charge is -2.35. The van der Waals surface area contributed by atoms with Crippen molar-refractivity contribution in [2.75, 3.05) is 10.2 Å². The molecule has 3 N–H and O–H groups in total. The number of aromatic amines is 1. The summed E-state index contributed by atoms with van der Waals surface area (Å²) in [5.74, 6) is -4.47. The lowest BCUT2D eigenvalue weighted by atomic mass is 9.94. The Morgan fingerprint density at radius 1 is 1.13 bits per heavy atom. The Kier molecular flexibility index (Phi) is 6.65. The topological polar surface area (TPSA) is 151 Å². The van der Waals surface area contributed by atoms with Gasteiger partial charge in [0.25, 0.3) is 11.4 Å². The molecule has 0 unspecified atom stereocenters. The number of nitrogens with one attached hydrogen (secondary N) is 1. The van der Waals surface area contributed by atoms with Crippen LogP contribution in [0.4, 0.5) is 10.3 Å². The largest absolute Gasteiger partial charge is 0.448 e. The quantitative estimate of drug-likeness (QED) is 0.185. The van der Waals surface area contributed by atoms with Crippen LogP contribution in [0.3, 0.4) is 0 Å². The zero-order valence-corrected chi connectivity index (χ0v) is 22.0. The smallest absolute Gasteiger partial charge is 0.338 e. The van der Waals surface area contributed by atoms with Gasteiger partial charge in [0.2, 0.25) is 12.1 Å². The van der Waals surface area contributed by atoms with Crippen LogP contribution >= 0.6 is 22.6 Å². The molecule has 2 aromatic heterocycles. The number of carbonyl (C=O) groups excluding carboxylic acids is 2. The molecule has 2 aromatic carbocycles. The molecule has 1 saturated heterocycles. The van der Waals surface area contributed by atoms with Crippen LogP contribution in [0.2, 0.25) is 0 Å². The lowest BCUT2D eigenvalue weighted by molar-refractivity contribution is -0.168. The van der Waals surface area contributed by atoms with Crippen LogP contribution in [0.5, 0.6) is 0 Å². The minimum Gasteiger partial charge on any atom is -0.448 e. The second kappa shape index (κ2) is 9.79. The van der Waals surface area contributed by atoms with Gasteiger partial charge in [-0.1, -0.05) is 59.0 Å². The average Bonchev–Trinajstić information content (AvgIpc) is 3.42. The van der Waals surface area contributed by atoms with Gasteiger partial charge in [0.05, 0.1) is 21.9 Å². The third kappa shape index (κ3) is 4.41. The molecule has 4 aromatic rings. The number of nitrogen functional groups attached to an aromatic ring is 1. The molecule has 4 atom stereocenters. The van der Waals surface area contributed by atoms with Gasteiger partial charge in [0, 0.05) is 0 Å². The van der Waals surface area contributed by atoms with Gasteiger partial charge in [-0.2, -0.15) is 4.98 Å². The molecule has 3 heterocycles. The Morgan fingerprint density at radius 2 is 1.74 bits per heavy atom. The zero-order chi connectivity index (χ0) is 27.1. The Labute approximate surface area is 228 Å². The van der Waals surface area contributed by atoms with Gasteiger partial charge in [-0.25, -0.2) is 19.0 Å². The monoisotopic (exact) mass is 633 g/mol. The average molecular weight is 633 g/mol. The van der Waals surface area contributed by atoms with Gasteiger partial charge in [0.15, 0.2) is 23.0 Å². The van der Waals surface area contributed by atoms with Crippen molar-refractivity contribution in [1.29, 1.82) is 0 Å². The van der Waals surface area contributed by atoms with E-state index in [0.717, 1.165) is 0 Å². The number of hydrogen-bond acceptors (Lipinski definition) is 9. The van der Waals surface area contributed by atoms with Crippen molar-refractivity contribution in [3.8, 4) is 0 Å². The first-order valence-electron chi connectivity index (χ1n) is 11.4. The first-order chi connectivity index (χ1) is 18.2. The number of alkyl halides is 2. The predicted octanol–water partition coefficient (Wildman–Crippen LogP) is 3.17. The maximum Gasteiger partial charge on any atom is 0.338 e. The number of imidazole rings is 1. The summed E-state index contributed by atoms with van der Waals surface area (Å²) in [6.07, 6.45) is -1.99. The zero-order valence-electron chi connectivity index (χ0n) is 19.8. The SMILES string of the molecule is C[C@]1(OC(=O)c2ccccc2)[C@H](n2cnc3c(=O)[nH]c(N)nc32)O[C@@](F)(CI)[C@H]1OC(=O)c1ccccc1. The number of nitrogens with two attached hydrogens (primary N) is 1. The summed E-state index contributed by atoms with van der Waals surface area (Å²) in [5.41, 5.74) is 3.37. The van der Waals surface area contributed by atoms with Crippen molar-refractivity contribution in [3.05, 3.63) is 88.5 Å². The number of hydrogen-bond donors (Lipinski definition) is 2. The van der Waals surface area contributed by atoms with Crippen LogP contribution in [-0.4, -0.2) is 53.4 Å². The number of rotatable bonds is 6. The molecule has 1 aliphatic rings. The van der Waals surface area contributed by atoms with Crippen LogP contribution in [0.15, 0.2) is 71.8 Å². The van der Waals surface area contributed by atoms with Crippen molar-refractivity contribution in [3.63, 3.8) is 0 Å². The van der Waals surface area contributed by atoms with Crippen LogP contribution in [0.1, 0.15) is 33.9 Å². The molecule has 0 saturated carbocycles. The van der Waals surface area contributed by atoms with E-state index in [2.05, 4.69) is 15.0 Å². The Bertz CT molecular complexity index is 1570. The number of esters is 2. The van der Waals surface area contributed by atoms with E-state index in [-0.39, 0.29) is 32.7 Å². The number of nitrogens with zero attached hydrogens (tertiary/aromatic N) is 3. The molecule has 0 bridgehead atoms. The molecule has 5 rings (SSSR count). The van der Waals surface area contributed by atoms with Crippen molar-refractivity contribution in [2.24, 2.45) is 0 Å². The molecular formula is C25H21FIN5O6. The van der Waals surface area contributed by atoms with Crippen molar-refractivity contribution >= 4 is 51.6 Å². The molecule has 1 fully saturated rings. The summed E-state index contributed by atoms with van der Waals surface area (Å²) in [6.45, 7) is 1.39. The molecule has 0 aliphatic carbocycles. The molecule has 196 valence electrons. The first kappa shape index (κ1) is 25.8. The number of fused-ring (bicyclic) bond motifs is 1. The normalized spacial score (nSPS) is 24.8. The first-order valence-corrected chi connectivity index (χ1v) is 12.9. The number of halogens is 2. The minimum atomic E-state index is -2.61. The van der Waals surface area contributed by atoms with Crippen molar-refractivity contribution in [2.45, 2.75) is 30.7 Å². The fourth-order valence-corrected chi connectivity index (χ4v) is 4.94. The number of H-pyrrole nitrogens is 1. The Morgan fingerprint density at radius 3 is 2.34 bits per heavy atom. The maximum atomic E-state index is 16.5. The lowest BCUT2D eigenvalue weighted by Crippen LogP contribution is -2.53. The highest BCUT2D eigenvalue weighted by Gasteiger charge is 2.68. The minimum absolute atomic E-state index is 0.0379. The van der Waals surface area contributed by atoms with E-state index < -0.39 is 41.3 Å². The van der Waals surface area contributed by atoms with Crippen molar-refractivity contribution < 1.29 is 28.2 Å². The van der Waals surface area contributed by atoms with Crippen LogP contribution in [-0.2, 0) is 14.2 Å². The molecule has 0 spiro atoms. The third-order valence-corrected chi connectivity index (χ3v) is 7.19. The number of anilines is 1. The van der Waals surface area contributed by atoms with E-state index in [1.807, 2.05) is 0 Å². The van der Waals surface area contributed by atoms with E-state index in [1.165, 1.54) is 42.1 Å². The van der Waals surface area contributed by atoms with E-state index in [0.29, 0.717) is 0 Å². The van der Waals surface area contributed by atoms with Gasteiger partial charge >= 0.3 is 11.9 Å². The van der Waals surface area contributed by atoms with E-state index in [1.54, 1.807) is 59.0 Å². The van der Waals surface area contributed by atoms with Crippen molar-refractivity contribution in [1.82, 2.24) is 19.5 Å². The molecule has 11 nitrogen and oxygen atoms in total. The molecule has 13 heteroatoms. The number of ether oxygens (including phenoxy) is 3. The van der Waals surface area contributed by atoms with Gasteiger partial charge in [-0.05, 0) is 31.2 Å². The number of benzene rings is 2. The summed E-state index contributed by atoms with van der Waals surface area (Å²) < 4.78 is 34.8. The second-order valence-corrected chi connectivity index (χ2v) is 9.52. The highest BCUT2D eigenvalue weighted by atomic mass is 127. The van der Waals surface area contributed by atoms with Crippen LogP contribution in [0.25, 0.3) is 11.2 Å². The Balaban J connectivity index is 1.64. The summed E-state index contributed by atoms with van der Waals surface area (Å²) in [4.78, 5) is 49.2. The Hall–Kier alpha value is -3.85. The third-order valence-electron chi connectivity index (χ3n) is 6.15.